The van der Waals surface area contributed by atoms with Gasteiger partial charge in [-0.1, -0.05) is 13.8 Å². The van der Waals surface area contributed by atoms with Crippen LogP contribution in [0.1, 0.15) is 20.3 Å². The summed E-state index contributed by atoms with van der Waals surface area (Å²) in [4.78, 5) is 4.41. The van der Waals surface area contributed by atoms with Gasteiger partial charge >= 0.3 is 0 Å². The topological polar surface area (TPSA) is 60.2 Å². The van der Waals surface area contributed by atoms with Crippen molar-refractivity contribution in [2.24, 2.45) is 11.7 Å². The van der Waals surface area contributed by atoms with Crippen molar-refractivity contribution < 1.29 is 4.74 Å². The van der Waals surface area contributed by atoms with Crippen molar-refractivity contribution in [2.45, 2.75) is 26.3 Å². The van der Waals surface area contributed by atoms with Crippen LogP contribution in [0.15, 0.2) is 30.5 Å². The standard InChI is InChI=1S/C16H23N3O/c1-11(2)8-13(17)10-19-16-15-5-4-14(20-3)9-12(15)6-7-18-16/h4-7,9,11,13H,8,10,17H2,1-3H3,(H,18,19). The minimum Gasteiger partial charge on any atom is -0.497 e. The minimum absolute atomic E-state index is 0.144. The highest BCUT2D eigenvalue weighted by Gasteiger charge is 2.08. The van der Waals surface area contributed by atoms with Crippen molar-refractivity contribution in [1.29, 1.82) is 0 Å². The molecule has 20 heavy (non-hydrogen) atoms. The third kappa shape index (κ3) is 3.61. The van der Waals surface area contributed by atoms with Crippen molar-refractivity contribution in [3.63, 3.8) is 0 Å². The molecule has 0 radical (unpaired) electrons. The van der Waals surface area contributed by atoms with Crippen molar-refractivity contribution >= 4 is 16.6 Å². The number of methoxy groups -OCH3 is 1. The molecule has 0 aliphatic rings. The number of nitrogens with two attached hydrogens (primary N) is 1. The molecule has 0 saturated carbocycles. The second-order valence-electron chi connectivity index (χ2n) is 5.52. The van der Waals surface area contributed by atoms with Crippen LogP contribution >= 0.6 is 0 Å². The Morgan fingerprint density at radius 2 is 2.10 bits per heavy atom. The van der Waals surface area contributed by atoms with Crippen LogP contribution in [0.5, 0.6) is 5.75 Å². The number of nitrogens with one attached hydrogen (secondary N) is 1. The summed E-state index contributed by atoms with van der Waals surface area (Å²) in [7, 11) is 1.67. The van der Waals surface area contributed by atoms with E-state index >= 15 is 0 Å². The zero-order valence-corrected chi connectivity index (χ0v) is 12.4. The van der Waals surface area contributed by atoms with Gasteiger partial charge in [-0.25, -0.2) is 4.98 Å². The number of nitrogens with zero attached hydrogens (tertiary/aromatic N) is 1. The minimum atomic E-state index is 0.144. The zero-order valence-electron chi connectivity index (χ0n) is 12.4. The molecule has 0 fully saturated rings. The van der Waals surface area contributed by atoms with Crippen LogP contribution < -0.4 is 15.8 Å². The molecule has 108 valence electrons. The Kier molecular flexibility index (Phi) is 4.79. The highest BCUT2D eigenvalue weighted by atomic mass is 16.5. The van der Waals surface area contributed by atoms with Gasteiger partial charge in [0.05, 0.1) is 7.11 Å². The quantitative estimate of drug-likeness (QED) is 0.849. The zero-order chi connectivity index (χ0) is 14.5. The van der Waals surface area contributed by atoms with E-state index in [0.29, 0.717) is 5.92 Å². The molecule has 0 aliphatic heterocycles. The van der Waals surface area contributed by atoms with E-state index in [1.165, 1.54) is 0 Å². The number of rotatable bonds is 6. The van der Waals surface area contributed by atoms with Gasteiger partial charge in [0.15, 0.2) is 0 Å². The van der Waals surface area contributed by atoms with Gasteiger partial charge in [-0.15, -0.1) is 0 Å². The molecule has 0 amide bonds. The van der Waals surface area contributed by atoms with Crippen LogP contribution in [0.25, 0.3) is 10.8 Å². The van der Waals surface area contributed by atoms with E-state index in [9.17, 15) is 0 Å². The first-order valence-electron chi connectivity index (χ1n) is 7.02. The van der Waals surface area contributed by atoms with E-state index in [0.717, 1.165) is 35.3 Å². The van der Waals surface area contributed by atoms with E-state index in [2.05, 4.69) is 24.1 Å². The molecule has 1 atom stereocenters. The average molecular weight is 273 g/mol. The number of benzene rings is 1. The SMILES string of the molecule is COc1ccc2c(NCC(N)CC(C)C)nccc2c1. The van der Waals surface area contributed by atoms with E-state index in [1.807, 2.05) is 24.3 Å². The summed E-state index contributed by atoms with van der Waals surface area (Å²) in [6.07, 6.45) is 2.81. The fourth-order valence-corrected chi connectivity index (χ4v) is 2.34. The molecule has 3 N–H and O–H groups in total. The van der Waals surface area contributed by atoms with Gasteiger partial charge in [-0.3, -0.25) is 0 Å². The molecule has 1 aromatic heterocycles. The maximum Gasteiger partial charge on any atom is 0.133 e. The Bertz CT molecular complexity index is 569. The number of aromatic nitrogens is 1. The Labute approximate surface area is 120 Å². The van der Waals surface area contributed by atoms with Crippen LogP contribution in [0, 0.1) is 5.92 Å². The van der Waals surface area contributed by atoms with Gasteiger partial charge in [-0.05, 0) is 42.0 Å². The molecule has 0 aliphatic carbocycles. The molecule has 1 unspecified atom stereocenters. The number of anilines is 1. The monoisotopic (exact) mass is 273 g/mol. The maximum absolute atomic E-state index is 6.10. The fraction of sp³-hybridized carbons (Fsp3) is 0.438. The Balaban J connectivity index is 2.14. The van der Waals surface area contributed by atoms with Gasteiger partial charge < -0.3 is 15.8 Å². The summed E-state index contributed by atoms with van der Waals surface area (Å²) in [5, 5.41) is 5.55. The second-order valence-corrected chi connectivity index (χ2v) is 5.52. The summed E-state index contributed by atoms with van der Waals surface area (Å²) >= 11 is 0. The molecule has 0 bridgehead atoms. The number of hydrogen-bond acceptors (Lipinski definition) is 4. The molecular formula is C16H23N3O. The molecule has 2 rings (SSSR count). The molecule has 2 aromatic rings. The first-order valence-corrected chi connectivity index (χ1v) is 7.02. The lowest BCUT2D eigenvalue weighted by atomic mass is 10.0. The van der Waals surface area contributed by atoms with Crippen molar-refractivity contribution in [3.8, 4) is 5.75 Å². The normalized spacial score (nSPS) is 12.7. The van der Waals surface area contributed by atoms with E-state index < -0.39 is 0 Å². The number of pyridine rings is 1. The largest absolute Gasteiger partial charge is 0.497 e. The number of fused-ring (bicyclic) bond motifs is 1. The molecule has 4 heteroatoms. The molecule has 1 aromatic carbocycles. The van der Waals surface area contributed by atoms with Gasteiger partial charge in [0.25, 0.3) is 0 Å². The van der Waals surface area contributed by atoms with Crippen LogP contribution in [0.3, 0.4) is 0 Å². The van der Waals surface area contributed by atoms with Crippen molar-refractivity contribution in [3.05, 3.63) is 30.5 Å². The smallest absolute Gasteiger partial charge is 0.133 e. The van der Waals surface area contributed by atoms with Crippen molar-refractivity contribution in [2.75, 3.05) is 19.0 Å². The second kappa shape index (κ2) is 6.57. The Morgan fingerprint density at radius 3 is 2.80 bits per heavy atom. The van der Waals surface area contributed by atoms with E-state index in [1.54, 1.807) is 13.3 Å². The molecule has 0 spiro atoms. The summed E-state index contributed by atoms with van der Waals surface area (Å²) < 4.78 is 5.24. The van der Waals surface area contributed by atoms with Crippen molar-refractivity contribution in [1.82, 2.24) is 4.98 Å². The van der Waals surface area contributed by atoms with Crippen LogP contribution in [0.4, 0.5) is 5.82 Å². The summed E-state index contributed by atoms with van der Waals surface area (Å²) in [5.74, 6) is 2.34. The average Bonchev–Trinajstić information content (AvgIpc) is 2.43. The Morgan fingerprint density at radius 1 is 1.30 bits per heavy atom. The van der Waals surface area contributed by atoms with E-state index in [-0.39, 0.29) is 6.04 Å². The highest BCUT2D eigenvalue weighted by Crippen LogP contribution is 2.25. The lowest BCUT2D eigenvalue weighted by molar-refractivity contribution is 0.415. The van der Waals surface area contributed by atoms with Gasteiger partial charge in [-0.2, -0.15) is 0 Å². The lowest BCUT2D eigenvalue weighted by Crippen LogP contribution is -2.30. The van der Waals surface area contributed by atoms with Crippen LogP contribution in [-0.4, -0.2) is 24.7 Å². The van der Waals surface area contributed by atoms with Gasteiger partial charge in [0, 0.05) is 24.2 Å². The Hall–Kier alpha value is -1.81. The van der Waals surface area contributed by atoms with Crippen LogP contribution in [-0.2, 0) is 0 Å². The molecule has 1 heterocycles. The summed E-state index contributed by atoms with van der Waals surface area (Å²) in [5.41, 5.74) is 6.10. The van der Waals surface area contributed by atoms with Crippen LogP contribution in [0.2, 0.25) is 0 Å². The third-order valence-corrected chi connectivity index (χ3v) is 3.28. The third-order valence-electron chi connectivity index (χ3n) is 3.28. The van der Waals surface area contributed by atoms with Gasteiger partial charge in [0.2, 0.25) is 0 Å². The fourth-order valence-electron chi connectivity index (χ4n) is 2.34. The first-order chi connectivity index (χ1) is 9.60. The number of ether oxygens (including phenoxy) is 1. The maximum atomic E-state index is 6.10. The predicted molar refractivity (Wildman–Crippen MR) is 84.2 cm³/mol. The highest BCUT2D eigenvalue weighted by molar-refractivity contribution is 5.92. The molecule has 4 nitrogen and oxygen atoms in total. The molecule has 0 saturated heterocycles. The van der Waals surface area contributed by atoms with Gasteiger partial charge in [0.1, 0.15) is 11.6 Å². The lowest BCUT2D eigenvalue weighted by Gasteiger charge is -2.16. The summed E-state index contributed by atoms with van der Waals surface area (Å²) in [6.45, 7) is 5.10. The molecular weight excluding hydrogens is 250 g/mol. The first kappa shape index (κ1) is 14.6. The predicted octanol–water partition coefficient (Wildman–Crippen LogP) is 3.03. The summed E-state index contributed by atoms with van der Waals surface area (Å²) in [6, 6.07) is 8.11. The van der Waals surface area contributed by atoms with E-state index in [4.69, 9.17) is 10.5 Å². The number of hydrogen-bond donors (Lipinski definition) is 2.